The summed E-state index contributed by atoms with van der Waals surface area (Å²) in [5, 5.41) is 5.62. The van der Waals surface area contributed by atoms with E-state index >= 15 is 0 Å². The second kappa shape index (κ2) is 7.05. The van der Waals surface area contributed by atoms with Gasteiger partial charge in [0, 0.05) is 13.1 Å². The molecular weight excluding hydrogens is 374 g/mol. The normalized spacial score (nSPS) is 18.0. The van der Waals surface area contributed by atoms with E-state index in [1.807, 2.05) is 44.2 Å². The molecule has 1 amide bonds. The van der Waals surface area contributed by atoms with E-state index in [1.165, 1.54) is 0 Å². The van der Waals surface area contributed by atoms with Gasteiger partial charge in [0.2, 0.25) is 14.9 Å². The summed E-state index contributed by atoms with van der Waals surface area (Å²) in [6, 6.07) is 13.1. The third-order valence-corrected chi connectivity index (χ3v) is 6.83. The Kier molecular flexibility index (Phi) is 4.71. The number of carbonyl (C=O) groups is 1. The van der Waals surface area contributed by atoms with Gasteiger partial charge in [0.25, 0.3) is 5.91 Å². The highest BCUT2D eigenvalue weighted by Crippen LogP contribution is 2.34. The number of amides is 1. The molecule has 0 aromatic heterocycles. The molecule has 0 N–H and O–H groups in total. The Morgan fingerprint density at radius 2 is 1.75 bits per heavy atom. The Balaban J connectivity index is 1.81. The quantitative estimate of drug-likeness (QED) is 0.798. The number of hydrogen-bond acceptors (Lipinski definition) is 5. The number of nitrogens with zero attached hydrogens (tertiary/aromatic N) is 3. The molecule has 2 aromatic rings. The van der Waals surface area contributed by atoms with Crippen molar-refractivity contribution in [3.8, 4) is 0 Å². The molecule has 146 valence electrons. The Hall–Kier alpha value is -2.67. The number of sulfone groups is 1. The fourth-order valence-electron chi connectivity index (χ4n) is 3.69. The van der Waals surface area contributed by atoms with Gasteiger partial charge in [-0.2, -0.15) is 5.10 Å². The molecule has 0 spiro atoms. The topological polar surface area (TPSA) is 70.1 Å². The number of aryl methyl sites for hydroxylation is 2. The minimum absolute atomic E-state index is 0.142. The van der Waals surface area contributed by atoms with Crippen LogP contribution in [0.15, 0.2) is 52.5 Å². The number of anilines is 1. The standard InChI is InChI=1S/C21H23N3O3S/c1-15-6-5-7-17(12-15)14-24-18-13-16(2)8-9-19(18)28(26,27)20(22-24)21(25)23-10-3-4-11-23/h5-9,12-13H,3-4,10-11,14H2,1-2H3. The maximum Gasteiger partial charge on any atom is 0.286 e. The van der Waals surface area contributed by atoms with Crippen LogP contribution in [0.2, 0.25) is 0 Å². The van der Waals surface area contributed by atoms with Crippen LogP contribution in [0.25, 0.3) is 0 Å². The van der Waals surface area contributed by atoms with Gasteiger partial charge in [-0.25, -0.2) is 8.42 Å². The molecule has 6 nitrogen and oxygen atoms in total. The molecule has 0 radical (unpaired) electrons. The fourth-order valence-corrected chi connectivity index (χ4v) is 5.16. The Labute approximate surface area is 165 Å². The van der Waals surface area contributed by atoms with Crippen LogP contribution < -0.4 is 5.01 Å². The predicted molar refractivity (Wildman–Crippen MR) is 109 cm³/mol. The number of carbonyl (C=O) groups excluding carboxylic acids is 1. The molecule has 0 aliphatic carbocycles. The fraction of sp³-hybridized carbons (Fsp3) is 0.333. The molecule has 1 fully saturated rings. The van der Waals surface area contributed by atoms with Gasteiger partial charge < -0.3 is 4.90 Å². The SMILES string of the molecule is Cc1cccc(CN2N=C(C(=O)N3CCCC3)S(=O)(=O)c3ccc(C)cc32)c1. The smallest absolute Gasteiger partial charge is 0.286 e. The highest BCUT2D eigenvalue weighted by atomic mass is 32.2. The summed E-state index contributed by atoms with van der Waals surface area (Å²) in [4.78, 5) is 14.7. The summed E-state index contributed by atoms with van der Waals surface area (Å²) >= 11 is 0. The summed E-state index contributed by atoms with van der Waals surface area (Å²) in [5.41, 5.74) is 3.57. The molecule has 0 bridgehead atoms. The van der Waals surface area contributed by atoms with E-state index in [-0.39, 0.29) is 9.94 Å². The van der Waals surface area contributed by atoms with E-state index in [0.29, 0.717) is 25.3 Å². The molecule has 0 saturated carbocycles. The summed E-state index contributed by atoms with van der Waals surface area (Å²) < 4.78 is 26.3. The second-order valence-electron chi connectivity index (χ2n) is 7.43. The molecule has 0 atom stereocenters. The second-order valence-corrected chi connectivity index (χ2v) is 9.26. The van der Waals surface area contributed by atoms with Crippen LogP contribution in [0.3, 0.4) is 0 Å². The molecular formula is C21H23N3O3S. The van der Waals surface area contributed by atoms with Crippen molar-refractivity contribution in [1.82, 2.24) is 4.90 Å². The number of likely N-dealkylation sites (tertiary alicyclic amines) is 1. The highest BCUT2D eigenvalue weighted by Gasteiger charge is 2.39. The third kappa shape index (κ3) is 3.30. The zero-order valence-electron chi connectivity index (χ0n) is 16.1. The van der Waals surface area contributed by atoms with E-state index in [0.717, 1.165) is 29.5 Å². The molecule has 2 aromatic carbocycles. The van der Waals surface area contributed by atoms with Crippen molar-refractivity contribution in [2.24, 2.45) is 5.10 Å². The van der Waals surface area contributed by atoms with E-state index in [2.05, 4.69) is 5.10 Å². The van der Waals surface area contributed by atoms with E-state index in [1.54, 1.807) is 22.0 Å². The van der Waals surface area contributed by atoms with Crippen LogP contribution in [0.4, 0.5) is 5.69 Å². The summed E-state index contributed by atoms with van der Waals surface area (Å²) in [6.07, 6.45) is 1.78. The number of hydrazone groups is 1. The molecule has 28 heavy (non-hydrogen) atoms. The van der Waals surface area contributed by atoms with Crippen LogP contribution in [0.5, 0.6) is 0 Å². The lowest BCUT2D eigenvalue weighted by atomic mass is 10.1. The molecule has 1 saturated heterocycles. The maximum absolute atomic E-state index is 13.2. The lowest BCUT2D eigenvalue weighted by Gasteiger charge is -2.29. The van der Waals surface area contributed by atoms with Gasteiger partial charge in [0.15, 0.2) is 0 Å². The Morgan fingerprint density at radius 1 is 1.04 bits per heavy atom. The number of benzene rings is 2. The lowest BCUT2D eigenvalue weighted by Crippen LogP contribution is -2.42. The van der Waals surface area contributed by atoms with Gasteiger partial charge in [0.05, 0.1) is 17.1 Å². The minimum atomic E-state index is -3.95. The van der Waals surface area contributed by atoms with E-state index in [4.69, 9.17) is 0 Å². The van der Waals surface area contributed by atoms with Crippen LogP contribution in [0, 0.1) is 13.8 Å². The van der Waals surface area contributed by atoms with Gasteiger partial charge in [-0.1, -0.05) is 35.9 Å². The number of fused-ring (bicyclic) bond motifs is 1. The van der Waals surface area contributed by atoms with Gasteiger partial charge in [0.1, 0.15) is 0 Å². The van der Waals surface area contributed by atoms with Crippen molar-refractivity contribution in [2.75, 3.05) is 18.1 Å². The summed E-state index contributed by atoms with van der Waals surface area (Å²) in [5.74, 6) is -0.502. The van der Waals surface area contributed by atoms with Gasteiger partial charge in [-0.05, 0) is 49.9 Å². The van der Waals surface area contributed by atoms with Crippen molar-refractivity contribution in [2.45, 2.75) is 38.1 Å². The average Bonchev–Trinajstić information content (AvgIpc) is 3.18. The zero-order chi connectivity index (χ0) is 19.9. The van der Waals surface area contributed by atoms with Crippen LogP contribution in [-0.4, -0.2) is 37.4 Å². The molecule has 0 unspecified atom stereocenters. The maximum atomic E-state index is 13.2. The number of rotatable bonds is 3. The monoisotopic (exact) mass is 397 g/mol. The van der Waals surface area contributed by atoms with Crippen molar-refractivity contribution in [1.29, 1.82) is 0 Å². The van der Waals surface area contributed by atoms with Crippen molar-refractivity contribution >= 4 is 26.5 Å². The van der Waals surface area contributed by atoms with Gasteiger partial charge in [-0.15, -0.1) is 0 Å². The Morgan fingerprint density at radius 3 is 2.46 bits per heavy atom. The molecule has 7 heteroatoms. The van der Waals surface area contributed by atoms with E-state index in [9.17, 15) is 13.2 Å². The first-order valence-electron chi connectivity index (χ1n) is 9.43. The average molecular weight is 398 g/mol. The molecule has 2 aliphatic heterocycles. The minimum Gasteiger partial charge on any atom is -0.337 e. The largest absolute Gasteiger partial charge is 0.337 e. The van der Waals surface area contributed by atoms with Crippen LogP contribution in [-0.2, 0) is 21.2 Å². The predicted octanol–water partition coefficient (Wildman–Crippen LogP) is 3.03. The first kappa shape index (κ1) is 18.7. The van der Waals surface area contributed by atoms with Crippen molar-refractivity contribution < 1.29 is 13.2 Å². The first-order valence-corrected chi connectivity index (χ1v) is 10.9. The number of hydrogen-bond donors (Lipinski definition) is 0. The molecule has 2 heterocycles. The van der Waals surface area contributed by atoms with Gasteiger partial charge in [-0.3, -0.25) is 9.80 Å². The molecule has 2 aliphatic rings. The molecule has 4 rings (SSSR count). The van der Waals surface area contributed by atoms with Crippen molar-refractivity contribution in [3.63, 3.8) is 0 Å². The van der Waals surface area contributed by atoms with Gasteiger partial charge >= 0.3 is 0 Å². The zero-order valence-corrected chi connectivity index (χ0v) is 16.9. The summed E-state index contributed by atoms with van der Waals surface area (Å²) in [6.45, 7) is 5.46. The first-order chi connectivity index (χ1) is 13.4. The summed E-state index contributed by atoms with van der Waals surface area (Å²) in [7, 11) is -3.95. The highest BCUT2D eigenvalue weighted by molar-refractivity contribution is 8.08. The van der Waals surface area contributed by atoms with Crippen LogP contribution in [0.1, 0.15) is 29.5 Å². The Bertz CT molecular complexity index is 1070. The lowest BCUT2D eigenvalue weighted by molar-refractivity contribution is -0.122. The van der Waals surface area contributed by atoms with E-state index < -0.39 is 15.7 Å². The van der Waals surface area contributed by atoms with Crippen LogP contribution >= 0.6 is 0 Å². The van der Waals surface area contributed by atoms with Crippen molar-refractivity contribution in [3.05, 3.63) is 59.2 Å². The third-order valence-electron chi connectivity index (χ3n) is 5.14.